The zero-order chi connectivity index (χ0) is 14.4. The summed E-state index contributed by atoms with van der Waals surface area (Å²) >= 11 is 12.2. The first-order valence-electron chi connectivity index (χ1n) is 6.38. The number of rotatable bonds is 2. The minimum absolute atomic E-state index is 0.647. The van der Waals surface area contributed by atoms with Crippen molar-refractivity contribution in [1.29, 1.82) is 0 Å². The molecular weight excluding hydrogens is 307 g/mol. The molecule has 2 heterocycles. The first kappa shape index (κ1) is 12.6. The summed E-state index contributed by atoms with van der Waals surface area (Å²) in [6, 6.07) is 11.4. The molecule has 0 spiro atoms. The van der Waals surface area contributed by atoms with Crippen LogP contribution in [0.15, 0.2) is 42.6 Å². The molecule has 2 aromatic carbocycles. The Morgan fingerprint density at radius 3 is 2.81 bits per heavy atom. The number of nitrogens with zero attached hydrogens (tertiary/aromatic N) is 1. The molecule has 4 aromatic rings. The van der Waals surface area contributed by atoms with Gasteiger partial charge < -0.3 is 15.3 Å². The number of hydrogen-bond donors (Lipinski definition) is 3. The average molecular weight is 317 g/mol. The summed E-state index contributed by atoms with van der Waals surface area (Å²) in [5.74, 6) is 0.647. The second-order valence-electron chi connectivity index (χ2n) is 4.77. The molecule has 4 rings (SSSR count). The SMILES string of the molecule is Clc1ccc2[nH]c(Nc3cc(Cl)c4cc[nH]c4c3)nc2c1. The molecule has 0 aliphatic carbocycles. The smallest absolute Gasteiger partial charge is 0.205 e. The van der Waals surface area contributed by atoms with Gasteiger partial charge in [-0.25, -0.2) is 4.98 Å². The Balaban J connectivity index is 1.75. The predicted octanol–water partition coefficient (Wildman–Crippen LogP) is 5.09. The number of benzene rings is 2. The third-order valence-corrected chi connectivity index (χ3v) is 3.87. The summed E-state index contributed by atoms with van der Waals surface area (Å²) in [5.41, 5.74) is 3.58. The molecule has 0 fully saturated rings. The Morgan fingerprint density at radius 2 is 1.90 bits per heavy atom. The van der Waals surface area contributed by atoms with Gasteiger partial charge in [-0.05, 0) is 36.4 Å². The quantitative estimate of drug-likeness (QED) is 0.482. The van der Waals surface area contributed by atoms with E-state index in [1.807, 2.05) is 42.6 Å². The Bertz CT molecular complexity index is 955. The lowest BCUT2D eigenvalue weighted by molar-refractivity contribution is 1.31. The van der Waals surface area contributed by atoms with Crippen molar-refractivity contribution in [2.24, 2.45) is 0 Å². The van der Waals surface area contributed by atoms with Crippen molar-refractivity contribution < 1.29 is 0 Å². The first-order valence-corrected chi connectivity index (χ1v) is 7.13. The lowest BCUT2D eigenvalue weighted by atomic mass is 10.2. The number of aromatic nitrogens is 3. The second-order valence-corrected chi connectivity index (χ2v) is 5.61. The van der Waals surface area contributed by atoms with E-state index >= 15 is 0 Å². The summed E-state index contributed by atoms with van der Waals surface area (Å²) in [7, 11) is 0. The summed E-state index contributed by atoms with van der Waals surface area (Å²) in [6.45, 7) is 0. The van der Waals surface area contributed by atoms with Crippen LogP contribution in [0, 0.1) is 0 Å². The van der Waals surface area contributed by atoms with Crippen molar-refractivity contribution in [2.75, 3.05) is 5.32 Å². The highest BCUT2D eigenvalue weighted by Crippen LogP contribution is 2.29. The Hall–Kier alpha value is -2.17. The van der Waals surface area contributed by atoms with E-state index in [-0.39, 0.29) is 0 Å². The molecule has 6 heteroatoms. The van der Waals surface area contributed by atoms with Gasteiger partial charge in [0.2, 0.25) is 5.95 Å². The summed E-state index contributed by atoms with van der Waals surface area (Å²) in [4.78, 5) is 10.8. The molecule has 3 N–H and O–H groups in total. The fourth-order valence-corrected chi connectivity index (χ4v) is 2.82. The van der Waals surface area contributed by atoms with Gasteiger partial charge in [0.25, 0.3) is 0 Å². The largest absolute Gasteiger partial charge is 0.361 e. The Kier molecular flexibility index (Phi) is 2.80. The van der Waals surface area contributed by atoms with Crippen molar-refractivity contribution >= 4 is 56.8 Å². The van der Waals surface area contributed by atoms with Crippen LogP contribution in [-0.4, -0.2) is 15.0 Å². The average Bonchev–Trinajstić information content (AvgIpc) is 3.04. The van der Waals surface area contributed by atoms with Crippen LogP contribution in [-0.2, 0) is 0 Å². The summed E-state index contributed by atoms with van der Waals surface area (Å²) in [6.07, 6.45) is 1.86. The predicted molar refractivity (Wildman–Crippen MR) is 87.7 cm³/mol. The van der Waals surface area contributed by atoms with E-state index in [0.717, 1.165) is 27.6 Å². The van der Waals surface area contributed by atoms with Crippen molar-refractivity contribution in [3.8, 4) is 0 Å². The van der Waals surface area contributed by atoms with Crippen molar-refractivity contribution in [3.05, 3.63) is 52.6 Å². The highest BCUT2D eigenvalue weighted by Gasteiger charge is 2.07. The van der Waals surface area contributed by atoms with E-state index in [1.54, 1.807) is 0 Å². The first-order chi connectivity index (χ1) is 10.2. The molecule has 0 aliphatic rings. The standard InChI is InChI=1S/C15H10Cl2N4/c16-8-1-2-12-14(5-8)21-15(20-12)19-9-6-11(17)10-3-4-18-13(10)7-9/h1-7,18H,(H2,19,20,21). The number of halogens is 2. The van der Waals surface area contributed by atoms with Crippen LogP contribution in [0.25, 0.3) is 21.9 Å². The van der Waals surface area contributed by atoms with Crippen LogP contribution in [0.1, 0.15) is 0 Å². The molecular formula is C15H10Cl2N4. The fraction of sp³-hybridized carbons (Fsp3) is 0. The number of anilines is 2. The van der Waals surface area contributed by atoms with E-state index in [1.165, 1.54) is 0 Å². The minimum atomic E-state index is 0.647. The Labute approximate surface area is 130 Å². The van der Waals surface area contributed by atoms with Gasteiger partial charge in [-0.15, -0.1) is 0 Å². The molecule has 0 bridgehead atoms. The van der Waals surface area contributed by atoms with Crippen LogP contribution in [0.4, 0.5) is 11.6 Å². The van der Waals surface area contributed by atoms with Gasteiger partial charge in [0.1, 0.15) is 0 Å². The van der Waals surface area contributed by atoms with E-state index in [4.69, 9.17) is 23.2 Å². The van der Waals surface area contributed by atoms with Crippen LogP contribution >= 0.6 is 23.2 Å². The second kappa shape index (κ2) is 4.69. The van der Waals surface area contributed by atoms with Gasteiger partial charge in [0.15, 0.2) is 0 Å². The van der Waals surface area contributed by atoms with Crippen LogP contribution in [0.5, 0.6) is 0 Å². The van der Waals surface area contributed by atoms with Crippen molar-refractivity contribution in [1.82, 2.24) is 15.0 Å². The van der Waals surface area contributed by atoms with Crippen LogP contribution < -0.4 is 5.32 Å². The molecule has 4 nitrogen and oxygen atoms in total. The molecule has 104 valence electrons. The molecule has 0 aliphatic heterocycles. The molecule has 0 amide bonds. The normalized spacial score (nSPS) is 11.3. The number of H-pyrrole nitrogens is 2. The van der Waals surface area contributed by atoms with Crippen molar-refractivity contribution in [3.63, 3.8) is 0 Å². The monoisotopic (exact) mass is 316 g/mol. The molecule has 0 unspecified atom stereocenters. The number of nitrogens with one attached hydrogen (secondary N) is 3. The van der Waals surface area contributed by atoms with E-state index in [0.29, 0.717) is 16.0 Å². The zero-order valence-electron chi connectivity index (χ0n) is 10.7. The van der Waals surface area contributed by atoms with Crippen molar-refractivity contribution in [2.45, 2.75) is 0 Å². The lowest BCUT2D eigenvalue weighted by Gasteiger charge is -2.04. The summed E-state index contributed by atoms with van der Waals surface area (Å²) in [5, 5.41) is 5.57. The van der Waals surface area contributed by atoms with E-state index in [9.17, 15) is 0 Å². The number of fused-ring (bicyclic) bond motifs is 2. The van der Waals surface area contributed by atoms with Crippen LogP contribution in [0.2, 0.25) is 10.0 Å². The number of imidazole rings is 1. The van der Waals surface area contributed by atoms with E-state index < -0.39 is 0 Å². The molecule has 0 saturated heterocycles. The lowest BCUT2D eigenvalue weighted by Crippen LogP contribution is -1.92. The number of hydrogen-bond acceptors (Lipinski definition) is 2. The van der Waals surface area contributed by atoms with Gasteiger partial charge in [-0.2, -0.15) is 0 Å². The Morgan fingerprint density at radius 1 is 1.00 bits per heavy atom. The fourth-order valence-electron chi connectivity index (χ4n) is 2.37. The minimum Gasteiger partial charge on any atom is -0.361 e. The molecule has 0 saturated carbocycles. The van der Waals surface area contributed by atoms with Gasteiger partial charge >= 0.3 is 0 Å². The topological polar surface area (TPSA) is 56.5 Å². The maximum atomic E-state index is 6.26. The van der Waals surface area contributed by atoms with Gasteiger partial charge in [-0.3, -0.25) is 0 Å². The van der Waals surface area contributed by atoms with E-state index in [2.05, 4.69) is 20.3 Å². The third kappa shape index (κ3) is 2.22. The van der Waals surface area contributed by atoms with Gasteiger partial charge in [0, 0.05) is 27.8 Å². The molecule has 0 radical (unpaired) electrons. The summed E-state index contributed by atoms with van der Waals surface area (Å²) < 4.78 is 0. The zero-order valence-corrected chi connectivity index (χ0v) is 12.3. The highest BCUT2D eigenvalue weighted by molar-refractivity contribution is 6.35. The highest BCUT2D eigenvalue weighted by atomic mass is 35.5. The number of aromatic amines is 2. The van der Waals surface area contributed by atoms with Gasteiger partial charge in [-0.1, -0.05) is 23.2 Å². The maximum absolute atomic E-state index is 6.26. The van der Waals surface area contributed by atoms with Gasteiger partial charge in [0.05, 0.1) is 16.1 Å². The van der Waals surface area contributed by atoms with Crippen LogP contribution in [0.3, 0.4) is 0 Å². The molecule has 0 atom stereocenters. The molecule has 21 heavy (non-hydrogen) atoms. The third-order valence-electron chi connectivity index (χ3n) is 3.33. The maximum Gasteiger partial charge on any atom is 0.205 e. The molecule has 2 aromatic heterocycles.